The number of ether oxygens (including phenoxy) is 2. The molecule has 7 nitrogen and oxygen atoms in total. The van der Waals surface area contributed by atoms with Crippen molar-refractivity contribution in [1.29, 1.82) is 0 Å². The highest BCUT2D eigenvalue weighted by Crippen LogP contribution is 2.23. The number of allylic oxidation sites excluding steroid dienone is 3. The molecule has 1 aliphatic heterocycles. The van der Waals surface area contributed by atoms with Gasteiger partial charge in [0, 0.05) is 12.8 Å². The van der Waals surface area contributed by atoms with Crippen molar-refractivity contribution >= 4 is 17.7 Å². The Morgan fingerprint density at radius 1 is 1.41 bits per heavy atom. The summed E-state index contributed by atoms with van der Waals surface area (Å²) in [5.74, 6) is -2.85. The van der Waals surface area contributed by atoms with Crippen LogP contribution >= 0.6 is 0 Å². The molecule has 2 N–H and O–H groups in total. The topological polar surface area (TPSA) is 110 Å². The third-order valence-corrected chi connectivity index (χ3v) is 5.09. The number of hydrogen-bond acceptors (Lipinski definition) is 7. The second-order valence-electron chi connectivity index (χ2n) is 7.47. The molecular formula is C22H32O7. The maximum absolute atomic E-state index is 12.0. The molecule has 0 aromatic rings. The van der Waals surface area contributed by atoms with Gasteiger partial charge in [0.2, 0.25) is 0 Å². The Labute approximate surface area is 172 Å². The molecule has 0 unspecified atom stereocenters. The number of aliphatic hydroxyl groups excluding tert-OH is 2. The fourth-order valence-electron chi connectivity index (χ4n) is 3.01. The van der Waals surface area contributed by atoms with Gasteiger partial charge < -0.3 is 19.7 Å². The highest BCUT2D eigenvalue weighted by molar-refractivity contribution is 6.19. The van der Waals surface area contributed by atoms with E-state index in [1.54, 1.807) is 19.1 Å². The molecule has 1 saturated heterocycles. The Bertz CT molecular complexity index is 669. The minimum atomic E-state index is -0.850. The van der Waals surface area contributed by atoms with Gasteiger partial charge in [0.1, 0.15) is 23.4 Å². The summed E-state index contributed by atoms with van der Waals surface area (Å²) in [4.78, 5) is 35.7. The number of aliphatic hydroxyl groups is 2. The summed E-state index contributed by atoms with van der Waals surface area (Å²) in [6.07, 6.45) is 3.64. The van der Waals surface area contributed by atoms with E-state index >= 15 is 0 Å². The molecular weight excluding hydrogens is 385 g/mol. The van der Waals surface area contributed by atoms with Gasteiger partial charge in [-0.1, -0.05) is 44.6 Å². The molecule has 0 spiro atoms. The zero-order chi connectivity index (χ0) is 22.1. The van der Waals surface area contributed by atoms with Crippen molar-refractivity contribution in [2.75, 3.05) is 7.11 Å². The van der Waals surface area contributed by atoms with Gasteiger partial charge >= 0.3 is 11.9 Å². The summed E-state index contributed by atoms with van der Waals surface area (Å²) < 4.78 is 9.77. The van der Waals surface area contributed by atoms with Crippen molar-refractivity contribution in [2.24, 2.45) is 11.8 Å². The molecule has 0 aromatic heterocycles. The van der Waals surface area contributed by atoms with Crippen LogP contribution in [0.15, 0.2) is 35.6 Å². The summed E-state index contributed by atoms with van der Waals surface area (Å²) >= 11 is 0. The zero-order valence-electron chi connectivity index (χ0n) is 17.6. The lowest BCUT2D eigenvalue weighted by molar-refractivity contribution is -0.150. The van der Waals surface area contributed by atoms with Gasteiger partial charge in [-0.3, -0.25) is 9.59 Å². The minimum Gasteiger partial charge on any atom is -0.511 e. The van der Waals surface area contributed by atoms with Crippen LogP contribution < -0.4 is 0 Å². The lowest BCUT2D eigenvalue weighted by atomic mass is 9.89. The SMILES string of the molecule is C=C(C/C=C/[C@@H](C(=O)OC)[C@H](O)[C@@H](C)CC)CC/C(O)=C1\[13C](=[18O])C[13C@@H](C)[18O][13C]1=[18O]. The molecule has 1 rings (SSSR count). The maximum Gasteiger partial charge on any atom is 0.345 e. The van der Waals surface area contributed by atoms with Crippen molar-refractivity contribution in [3.8, 4) is 0 Å². The molecule has 0 radical (unpaired) electrons. The maximum atomic E-state index is 12.0. The van der Waals surface area contributed by atoms with Crippen LogP contribution in [0.2, 0.25) is 0 Å². The Morgan fingerprint density at radius 3 is 2.62 bits per heavy atom. The van der Waals surface area contributed by atoms with Gasteiger partial charge in [0.05, 0.1) is 13.2 Å². The number of hydrogen-bond donors (Lipinski definition) is 2. The first-order valence-corrected chi connectivity index (χ1v) is 9.87. The summed E-state index contributed by atoms with van der Waals surface area (Å²) in [5.41, 5.74) is 0.453. The van der Waals surface area contributed by atoms with E-state index in [1.165, 1.54) is 7.11 Å². The van der Waals surface area contributed by atoms with Gasteiger partial charge in [-0.05, 0) is 25.7 Å². The summed E-state index contributed by atoms with van der Waals surface area (Å²) in [6.45, 7) is 9.33. The van der Waals surface area contributed by atoms with E-state index in [0.717, 1.165) is 12.0 Å². The van der Waals surface area contributed by atoms with E-state index in [9.17, 15) is 24.6 Å². The molecule has 7 heteroatoms. The van der Waals surface area contributed by atoms with Crippen LogP contribution in [-0.4, -0.2) is 47.3 Å². The summed E-state index contributed by atoms with van der Waals surface area (Å²) in [7, 11) is 1.28. The molecule has 0 amide bonds. The van der Waals surface area contributed by atoms with E-state index in [2.05, 4.69) is 6.58 Å². The van der Waals surface area contributed by atoms with E-state index in [0.29, 0.717) is 12.8 Å². The third-order valence-electron chi connectivity index (χ3n) is 5.09. The predicted molar refractivity (Wildman–Crippen MR) is 108 cm³/mol. The Hall–Kier alpha value is -2.41. The summed E-state index contributed by atoms with van der Waals surface area (Å²) in [6, 6.07) is 0. The molecule has 0 aliphatic carbocycles. The van der Waals surface area contributed by atoms with Gasteiger partial charge in [0.15, 0.2) is 5.78 Å². The fourth-order valence-corrected chi connectivity index (χ4v) is 3.01. The molecule has 0 bridgehead atoms. The van der Waals surface area contributed by atoms with Crippen molar-refractivity contribution in [1.82, 2.24) is 0 Å². The van der Waals surface area contributed by atoms with Crippen molar-refractivity contribution in [3.05, 3.63) is 35.6 Å². The standard InChI is InChI=1S/C22H32O7/c1-6-14(3)20(25)16(21(26)28-5)9-7-8-13(2)10-11-17(23)19-18(24)12-15(4)29-22(19)27/h7,9,14-16,20,23,25H,2,6,8,10-12H2,1,3-5H3/b9-7+,19-17-/t14-,15+,16+,20+/m0/s1/i15+1,18+1,22+1,24+2,27+2,29+2. The highest BCUT2D eigenvalue weighted by Gasteiger charge is 2.32. The van der Waals surface area contributed by atoms with E-state index in [4.69, 9.17) is 9.47 Å². The van der Waals surface area contributed by atoms with E-state index in [1.807, 2.05) is 13.8 Å². The first-order valence-electron chi connectivity index (χ1n) is 9.87. The van der Waals surface area contributed by atoms with Crippen LogP contribution in [0.4, 0.5) is 0 Å². The molecule has 1 aliphatic rings. The molecule has 1 heterocycles. The highest BCUT2D eigenvalue weighted by atomic mass is 18.4. The molecule has 1 fully saturated rings. The Kier molecular flexibility index (Phi) is 9.81. The van der Waals surface area contributed by atoms with Gasteiger partial charge in [-0.25, -0.2) is 4.79 Å². The van der Waals surface area contributed by atoms with Gasteiger partial charge in [-0.15, -0.1) is 0 Å². The lowest BCUT2D eigenvalue weighted by Crippen LogP contribution is -2.32. The van der Waals surface area contributed by atoms with Crippen LogP contribution in [0.5, 0.6) is 0 Å². The second-order valence-corrected chi connectivity index (χ2v) is 7.47. The van der Waals surface area contributed by atoms with Crippen molar-refractivity contribution in [3.63, 3.8) is 0 Å². The first-order chi connectivity index (χ1) is 13.6. The number of rotatable bonds is 10. The zero-order valence-corrected chi connectivity index (χ0v) is 17.6. The monoisotopic (exact) mass is 417 g/mol. The number of Topliss-reactive ketones (excluding diaryl/α,β-unsaturated/α-hetero) is 1. The molecule has 0 aromatic carbocycles. The summed E-state index contributed by atoms with van der Waals surface area (Å²) in [5, 5.41) is 20.5. The second kappa shape index (κ2) is 11.6. The van der Waals surface area contributed by atoms with Crippen LogP contribution in [-0.2, 0) is 23.9 Å². The van der Waals surface area contributed by atoms with E-state index < -0.39 is 35.8 Å². The average molecular weight is 417 g/mol. The first kappa shape index (κ1) is 24.6. The number of cyclic esters (lactones) is 1. The van der Waals surface area contributed by atoms with E-state index in [-0.39, 0.29) is 30.1 Å². The minimum absolute atomic E-state index is 0.0578. The third kappa shape index (κ3) is 7.16. The van der Waals surface area contributed by atoms with Crippen LogP contribution in [0.1, 0.15) is 52.9 Å². The molecule has 162 valence electrons. The molecule has 29 heavy (non-hydrogen) atoms. The van der Waals surface area contributed by atoms with Crippen molar-refractivity contribution in [2.45, 2.75) is 65.1 Å². The Balaban J connectivity index is 2.67. The van der Waals surface area contributed by atoms with Crippen molar-refractivity contribution < 1.29 is 34.1 Å². The number of carbonyl (C=O) groups excluding carboxylic acids is 3. The van der Waals surface area contributed by atoms with Crippen LogP contribution in [0.25, 0.3) is 0 Å². The molecule has 4 atom stereocenters. The largest absolute Gasteiger partial charge is 0.511 e. The van der Waals surface area contributed by atoms with Crippen LogP contribution in [0.3, 0.4) is 0 Å². The average Bonchev–Trinajstić information content (AvgIpc) is 2.67. The number of ketones is 1. The number of esters is 2. The predicted octanol–water partition coefficient (Wildman–Crippen LogP) is 3.18. The lowest BCUT2D eigenvalue weighted by Gasteiger charge is -2.22. The van der Waals surface area contributed by atoms with Crippen LogP contribution in [0, 0.1) is 11.8 Å². The molecule has 0 saturated carbocycles. The quantitative estimate of drug-likeness (QED) is 0.107. The Morgan fingerprint density at radius 2 is 2.07 bits per heavy atom. The van der Waals surface area contributed by atoms with Gasteiger partial charge in [-0.2, -0.15) is 0 Å². The van der Waals surface area contributed by atoms with Gasteiger partial charge in [0.25, 0.3) is 0 Å². The normalized spacial score (nSPS) is 22.0. The fraction of sp³-hybridized carbons (Fsp3) is 0.591. The number of methoxy groups -OCH3 is 1. The number of carbonyl (C=O) groups is 3. The smallest absolute Gasteiger partial charge is 0.345 e.